The van der Waals surface area contributed by atoms with E-state index in [0.29, 0.717) is 0 Å². The summed E-state index contributed by atoms with van der Waals surface area (Å²) in [7, 11) is 1.17. The van der Waals surface area contributed by atoms with Crippen LogP contribution in [0.2, 0.25) is 0 Å². The van der Waals surface area contributed by atoms with Crippen LogP contribution < -0.4 is 5.19 Å². The summed E-state index contributed by atoms with van der Waals surface area (Å²) in [5.41, 5.74) is 0. The Hall–Kier alpha value is -0.563. The van der Waals surface area contributed by atoms with Crippen molar-refractivity contribution in [1.82, 2.24) is 0 Å². The highest BCUT2D eigenvalue weighted by atomic mass is 28.1. The lowest BCUT2D eigenvalue weighted by molar-refractivity contribution is 0.347. The van der Waals surface area contributed by atoms with Gasteiger partial charge in [0.25, 0.3) is 0 Å². The number of hydrogen-bond acceptors (Lipinski definition) is 0. The van der Waals surface area contributed by atoms with E-state index in [2.05, 4.69) is 24.3 Å². The van der Waals surface area contributed by atoms with Crippen LogP contribution in [0.1, 0.15) is 51.4 Å². The highest BCUT2D eigenvalue weighted by molar-refractivity contribution is 6.32. The van der Waals surface area contributed by atoms with E-state index in [1.54, 1.807) is 25.7 Å². The molecule has 0 N–H and O–H groups in total. The first-order valence-corrected chi connectivity index (χ1v) is 8.38. The van der Waals surface area contributed by atoms with Gasteiger partial charge in [0.1, 0.15) is 0 Å². The molecule has 2 aliphatic carbocycles. The predicted octanol–water partition coefficient (Wildman–Crippen LogP) is 3.04. The molecule has 94 valence electrons. The first-order valence-electron chi connectivity index (χ1n) is 7.38. The zero-order valence-corrected chi connectivity index (χ0v) is 13.2. The van der Waals surface area contributed by atoms with Crippen molar-refractivity contribution in [1.29, 1.82) is 0 Å². The molecule has 0 aliphatic heterocycles. The van der Waals surface area contributed by atoms with Crippen LogP contribution in [-0.4, -0.2) is 10.2 Å². The molecule has 0 radical (unpaired) electrons. The fourth-order valence-electron chi connectivity index (χ4n) is 3.39. The van der Waals surface area contributed by atoms with Gasteiger partial charge in [-0.05, 0) is 11.8 Å². The molecule has 0 aromatic heterocycles. The van der Waals surface area contributed by atoms with Gasteiger partial charge in [-0.15, -0.1) is 0 Å². The van der Waals surface area contributed by atoms with Gasteiger partial charge in [0.05, 0.1) is 0 Å². The molecular formula is C16H26Si. The first kappa shape index (κ1) is 12.9. The van der Waals surface area contributed by atoms with Crippen LogP contribution in [0, 0.1) is 11.8 Å². The van der Waals surface area contributed by atoms with E-state index in [1.165, 1.54) is 41.1 Å². The zero-order chi connectivity index (χ0) is 11.9. The van der Waals surface area contributed by atoms with E-state index in [-0.39, 0.29) is 0 Å². The van der Waals surface area contributed by atoms with Gasteiger partial charge in [0.15, 0.2) is 0 Å². The zero-order valence-electron chi connectivity index (χ0n) is 11.2. The second kappa shape index (κ2) is 7.00. The van der Waals surface area contributed by atoms with Crippen molar-refractivity contribution >= 4 is 15.4 Å². The maximum Gasteiger partial charge on any atom is 0.0384 e. The SMILES string of the molecule is C1CCC(C2CCCC2)C1.[SiH3]c1ccccc1. The van der Waals surface area contributed by atoms with Gasteiger partial charge < -0.3 is 0 Å². The predicted molar refractivity (Wildman–Crippen MR) is 79.9 cm³/mol. The van der Waals surface area contributed by atoms with Crippen molar-refractivity contribution in [3.63, 3.8) is 0 Å². The molecule has 1 heteroatoms. The molecule has 0 spiro atoms. The standard InChI is InChI=1S/C10H18.C6H8Si/c1-2-6-9(5-1)10-7-3-4-8-10;7-6-4-2-1-3-5-6/h9-10H,1-8H2;1-5H,7H3. The maximum atomic E-state index is 2.15. The summed E-state index contributed by atoms with van der Waals surface area (Å²) in [6.45, 7) is 0. The fraction of sp³-hybridized carbons (Fsp3) is 0.625. The van der Waals surface area contributed by atoms with Crippen LogP contribution in [0.25, 0.3) is 0 Å². The van der Waals surface area contributed by atoms with Crippen LogP contribution >= 0.6 is 0 Å². The fourth-order valence-corrected chi connectivity index (χ4v) is 3.78. The normalized spacial score (nSPS) is 21.4. The third-order valence-corrected chi connectivity index (χ3v) is 5.07. The van der Waals surface area contributed by atoms with Gasteiger partial charge in [0, 0.05) is 10.2 Å². The molecule has 17 heavy (non-hydrogen) atoms. The van der Waals surface area contributed by atoms with Crippen LogP contribution in [0.5, 0.6) is 0 Å². The molecule has 2 aliphatic rings. The quantitative estimate of drug-likeness (QED) is 0.668. The Morgan fingerprint density at radius 1 is 0.706 bits per heavy atom. The second-order valence-electron chi connectivity index (χ2n) is 5.74. The topological polar surface area (TPSA) is 0 Å². The summed E-state index contributed by atoms with van der Waals surface area (Å²) in [4.78, 5) is 0. The monoisotopic (exact) mass is 246 g/mol. The van der Waals surface area contributed by atoms with Crippen molar-refractivity contribution in [2.24, 2.45) is 11.8 Å². The van der Waals surface area contributed by atoms with Crippen molar-refractivity contribution in [3.8, 4) is 0 Å². The van der Waals surface area contributed by atoms with Crippen molar-refractivity contribution in [2.75, 3.05) is 0 Å². The smallest absolute Gasteiger partial charge is 0.0384 e. The minimum atomic E-state index is 1.16. The van der Waals surface area contributed by atoms with Gasteiger partial charge in [-0.1, -0.05) is 86.9 Å². The molecule has 1 aromatic carbocycles. The molecule has 2 saturated carbocycles. The van der Waals surface area contributed by atoms with Crippen molar-refractivity contribution < 1.29 is 0 Å². The summed E-state index contributed by atoms with van der Waals surface area (Å²) in [5, 5.41) is 1.46. The average Bonchev–Trinajstić information content (AvgIpc) is 3.04. The van der Waals surface area contributed by atoms with E-state index in [1.807, 2.05) is 6.07 Å². The summed E-state index contributed by atoms with van der Waals surface area (Å²) in [6.07, 6.45) is 12.4. The van der Waals surface area contributed by atoms with Gasteiger partial charge in [-0.25, -0.2) is 0 Å². The lowest BCUT2D eigenvalue weighted by atomic mass is 9.90. The summed E-state index contributed by atoms with van der Waals surface area (Å²) in [6, 6.07) is 10.5. The summed E-state index contributed by atoms with van der Waals surface area (Å²) in [5.74, 6) is 2.31. The molecule has 0 atom stereocenters. The summed E-state index contributed by atoms with van der Waals surface area (Å²) >= 11 is 0. The average molecular weight is 246 g/mol. The van der Waals surface area contributed by atoms with Gasteiger partial charge in [-0.3, -0.25) is 0 Å². The molecule has 0 heterocycles. The van der Waals surface area contributed by atoms with Crippen molar-refractivity contribution in [2.45, 2.75) is 51.4 Å². The molecule has 1 aromatic rings. The first-order chi connectivity index (χ1) is 8.36. The molecule has 0 unspecified atom stereocenters. The number of rotatable bonds is 1. The second-order valence-corrected chi connectivity index (χ2v) is 6.90. The highest BCUT2D eigenvalue weighted by Crippen LogP contribution is 2.39. The Kier molecular flexibility index (Phi) is 5.31. The van der Waals surface area contributed by atoms with E-state index in [4.69, 9.17) is 0 Å². The van der Waals surface area contributed by atoms with Gasteiger partial charge in [0.2, 0.25) is 0 Å². The largest absolute Gasteiger partial charge is 0.0708 e. The van der Waals surface area contributed by atoms with E-state index in [9.17, 15) is 0 Å². The molecule has 3 rings (SSSR count). The number of hydrogen-bond donors (Lipinski definition) is 0. The Balaban J connectivity index is 0.000000136. The molecule has 0 amide bonds. The van der Waals surface area contributed by atoms with Gasteiger partial charge in [-0.2, -0.15) is 0 Å². The Morgan fingerprint density at radius 2 is 1.12 bits per heavy atom. The van der Waals surface area contributed by atoms with E-state index >= 15 is 0 Å². The van der Waals surface area contributed by atoms with Crippen LogP contribution in [-0.2, 0) is 0 Å². The van der Waals surface area contributed by atoms with Crippen LogP contribution in [0.15, 0.2) is 30.3 Å². The van der Waals surface area contributed by atoms with Crippen LogP contribution in [0.4, 0.5) is 0 Å². The lowest BCUT2D eigenvalue weighted by Crippen LogP contribution is -2.06. The minimum Gasteiger partial charge on any atom is -0.0708 e. The lowest BCUT2D eigenvalue weighted by Gasteiger charge is -2.16. The Bertz CT molecular complexity index is 281. The molecule has 2 fully saturated rings. The van der Waals surface area contributed by atoms with Crippen molar-refractivity contribution in [3.05, 3.63) is 30.3 Å². The Labute approximate surface area is 109 Å². The van der Waals surface area contributed by atoms with Crippen LogP contribution in [0.3, 0.4) is 0 Å². The van der Waals surface area contributed by atoms with Gasteiger partial charge >= 0.3 is 0 Å². The molecule has 0 bridgehead atoms. The third kappa shape index (κ3) is 4.31. The summed E-state index contributed by atoms with van der Waals surface area (Å²) < 4.78 is 0. The highest BCUT2D eigenvalue weighted by Gasteiger charge is 2.26. The van der Waals surface area contributed by atoms with E-state index in [0.717, 1.165) is 11.8 Å². The minimum absolute atomic E-state index is 1.16. The Morgan fingerprint density at radius 3 is 1.41 bits per heavy atom. The molecule has 0 nitrogen and oxygen atoms in total. The number of benzene rings is 1. The molecule has 0 saturated heterocycles. The molecular weight excluding hydrogens is 220 g/mol. The maximum absolute atomic E-state index is 2.15. The third-order valence-electron chi connectivity index (χ3n) is 4.41. The van der Waals surface area contributed by atoms with E-state index < -0.39 is 0 Å².